The molecule has 1 N–H and O–H groups in total. The van der Waals surface area contributed by atoms with Gasteiger partial charge in [0, 0.05) is 44.1 Å². The molecule has 0 atom stereocenters. The van der Waals surface area contributed by atoms with Gasteiger partial charge in [0.1, 0.15) is 0 Å². The van der Waals surface area contributed by atoms with Crippen LogP contribution >= 0.6 is 15.9 Å². The lowest BCUT2D eigenvalue weighted by Gasteiger charge is -2.24. The SMILES string of the molecule is CCNCc1ccc(N2CCCN(C(C)=O)CC2)c(Br)c1. The molecule has 1 saturated heterocycles. The first-order chi connectivity index (χ1) is 10.1. The Kier molecular flexibility index (Phi) is 6.06. The summed E-state index contributed by atoms with van der Waals surface area (Å²) in [5, 5.41) is 3.34. The van der Waals surface area contributed by atoms with Crippen molar-refractivity contribution < 1.29 is 4.79 Å². The number of hydrogen-bond donors (Lipinski definition) is 1. The Morgan fingerprint density at radius 2 is 2.10 bits per heavy atom. The Labute approximate surface area is 135 Å². The van der Waals surface area contributed by atoms with Gasteiger partial charge < -0.3 is 15.1 Å². The van der Waals surface area contributed by atoms with Crippen LogP contribution in [0, 0.1) is 0 Å². The zero-order valence-corrected chi connectivity index (χ0v) is 14.4. The maximum absolute atomic E-state index is 11.5. The molecule has 1 aliphatic heterocycles. The standard InChI is InChI=1S/C16H24BrN3O/c1-3-18-12-14-5-6-16(15(17)11-14)20-8-4-7-19(9-10-20)13(2)21/h5-6,11,18H,3-4,7-10,12H2,1-2H3. The summed E-state index contributed by atoms with van der Waals surface area (Å²) in [6, 6.07) is 6.54. The molecule has 0 aliphatic carbocycles. The molecule has 0 radical (unpaired) electrons. The van der Waals surface area contributed by atoms with Crippen molar-refractivity contribution in [1.82, 2.24) is 10.2 Å². The first kappa shape index (κ1) is 16.3. The van der Waals surface area contributed by atoms with Gasteiger partial charge in [-0.1, -0.05) is 13.0 Å². The molecule has 1 aliphatic rings. The van der Waals surface area contributed by atoms with Crippen molar-refractivity contribution in [3.8, 4) is 0 Å². The van der Waals surface area contributed by atoms with Crippen molar-refractivity contribution in [2.45, 2.75) is 26.8 Å². The number of anilines is 1. The first-order valence-corrected chi connectivity index (χ1v) is 8.40. The minimum absolute atomic E-state index is 0.178. The van der Waals surface area contributed by atoms with Crippen molar-refractivity contribution >= 4 is 27.5 Å². The van der Waals surface area contributed by atoms with Crippen LogP contribution in [-0.4, -0.2) is 43.5 Å². The van der Waals surface area contributed by atoms with Crippen molar-refractivity contribution in [3.05, 3.63) is 28.2 Å². The van der Waals surface area contributed by atoms with E-state index in [9.17, 15) is 4.79 Å². The van der Waals surface area contributed by atoms with Gasteiger partial charge in [-0.05, 0) is 46.6 Å². The van der Waals surface area contributed by atoms with Crippen LogP contribution in [0.5, 0.6) is 0 Å². The summed E-state index contributed by atoms with van der Waals surface area (Å²) in [7, 11) is 0. The monoisotopic (exact) mass is 353 g/mol. The summed E-state index contributed by atoms with van der Waals surface area (Å²) < 4.78 is 1.13. The normalized spacial score (nSPS) is 16.0. The van der Waals surface area contributed by atoms with E-state index in [0.717, 1.165) is 50.2 Å². The highest BCUT2D eigenvalue weighted by Gasteiger charge is 2.18. The number of amides is 1. The van der Waals surface area contributed by atoms with Crippen LogP contribution in [0.1, 0.15) is 25.8 Å². The van der Waals surface area contributed by atoms with E-state index in [1.165, 1.54) is 11.3 Å². The van der Waals surface area contributed by atoms with Crippen molar-refractivity contribution in [3.63, 3.8) is 0 Å². The average molecular weight is 354 g/mol. The summed E-state index contributed by atoms with van der Waals surface area (Å²) in [5.41, 5.74) is 2.51. The van der Waals surface area contributed by atoms with Gasteiger partial charge in [-0.2, -0.15) is 0 Å². The maximum Gasteiger partial charge on any atom is 0.219 e. The van der Waals surface area contributed by atoms with E-state index in [1.54, 1.807) is 6.92 Å². The Morgan fingerprint density at radius 1 is 1.29 bits per heavy atom. The molecular formula is C16H24BrN3O. The summed E-state index contributed by atoms with van der Waals surface area (Å²) in [6.45, 7) is 9.20. The van der Waals surface area contributed by atoms with E-state index in [-0.39, 0.29) is 5.91 Å². The van der Waals surface area contributed by atoms with Gasteiger partial charge in [-0.3, -0.25) is 4.79 Å². The molecule has 0 unspecified atom stereocenters. The fourth-order valence-corrected chi connectivity index (χ4v) is 3.34. The molecule has 1 fully saturated rings. The van der Waals surface area contributed by atoms with Crippen molar-refractivity contribution in [2.75, 3.05) is 37.6 Å². The molecule has 0 saturated carbocycles. The molecule has 1 amide bonds. The molecule has 2 rings (SSSR count). The van der Waals surface area contributed by atoms with Crippen molar-refractivity contribution in [1.29, 1.82) is 0 Å². The third-order valence-corrected chi connectivity index (χ3v) is 4.51. The van der Waals surface area contributed by atoms with Gasteiger partial charge in [0.05, 0.1) is 5.69 Å². The number of carbonyl (C=O) groups excluding carboxylic acids is 1. The lowest BCUT2D eigenvalue weighted by atomic mass is 10.2. The maximum atomic E-state index is 11.5. The summed E-state index contributed by atoms with van der Waals surface area (Å²) in [6.07, 6.45) is 1.02. The summed E-state index contributed by atoms with van der Waals surface area (Å²) in [5.74, 6) is 0.178. The Morgan fingerprint density at radius 3 is 2.76 bits per heavy atom. The van der Waals surface area contributed by atoms with Gasteiger partial charge >= 0.3 is 0 Å². The van der Waals surface area contributed by atoms with E-state index < -0.39 is 0 Å². The minimum Gasteiger partial charge on any atom is -0.369 e. The lowest BCUT2D eigenvalue weighted by molar-refractivity contribution is -0.128. The van der Waals surface area contributed by atoms with Crippen LogP contribution in [0.4, 0.5) is 5.69 Å². The van der Waals surface area contributed by atoms with E-state index >= 15 is 0 Å². The van der Waals surface area contributed by atoms with Crippen molar-refractivity contribution in [2.24, 2.45) is 0 Å². The van der Waals surface area contributed by atoms with Crippen LogP contribution in [0.2, 0.25) is 0 Å². The smallest absolute Gasteiger partial charge is 0.219 e. The molecule has 0 aromatic heterocycles. The second kappa shape index (κ2) is 7.80. The number of rotatable bonds is 4. The predicted molar refractivity (Wildman–Crippen MR) is 90.6 cm³/mol. The summed E-state index contributed by atoms with van der Waals surface area (Å²) >= 11 is 3.69. The minimum atomic E-state index is 0.178. The van der Waals surface area contributed by atoms with E-state index in [1.807, 2.05) is 4.90 Å². The van der Waals surface area contributed by atoms with Gasteiger partial charge in [-0.25, -0.2) is 0 Å². The van der Waals surface area contributed by atoms with E-state index in [2.05, 4.69) is 51.3 Å². The molecule has 0 spiro atoms. The highest BCUT2D eigenvalue weighted by atomic mass is 79.9. The predicted octanol–water partition coefficient (Wildman–Crippen LogP) is 2.62. The zero-order valence-electron chi connectivity index (χ0n) is 12.9. The third-order valence-electron chi connectivity index (χ3n) is 3.87. The topological polar surface area (TPSA) is 35.6 Å². The number of nitrogens with one attached hydrogen (secondary N) is 1. The fourth-order valence-electron chi connectivity index (χ4n) is 2.66. The third kappa shape index (κ3) is 4.45. The Bertz CT molecular complexity index is 492. The molecular weight excluding hydrogens is 330 g/mol. The molecule has 116 valence electrons. The Balaban J connectivity index is 2.05. The fraction of sp³-hybridized carbons (Fsp3) is 0.562. The lowest BCUT2D eigenvalue weighted by Crippen LogP contribution is -2.33. The first-order valence-electron chi connectivity index (χ1n) is 7.61. The van der Waals surface area contributed by atoms with E-state index in [4.69, 9.17) is 0 Å². The van der Waals surface area contributed by atoms with Crippen LogP contribution in [0.15, 0.2) is 22.7 Å². The molecule has 1 aromatic rings. The summed E-state index contributed by atoms with van der Waals surface area (Å²) in [4.78, 5) is 15.8. The van der Waals surface area contributed by atoms with E-state index in [0.29, 0.717) is 0 Å². The van der Waals surface area contributed by atoms with Gasteiger partial charge in [0.15, 0.2) is 0 Å². The van der Waals surface area contributed by atoms with Gasteiger partial charge in [0.25, 0.3) is 0 Å². The number of hydrogen-bond acceptors (Lipinski definition) is 3. The zero-order chi connectivity index (χ0) is 15.2. The Hall–Kier alpha value is -1.07. The highest BCUT2D eigenvalue weighted by molar-refractivity contribution is 9.10. The highest BCUT2D eigenvalue weighted by Crippen LogP contribution is 2.28. The van der Waals surface area contributed by atoms with Crippen LogP contribution in [0.25, 0.3) is 0 Å². The quantitative estimate of drug-likeness (QED) is 0.903. The number of benzene rings is 1. The molecule has 1 heterocycles. The van der Waals surface area contributed by atoms with Gasteiger partial charge in [0.2, 0.25) is 5.91 Å². The van der Waals surface area contributed by atoms with Crippen LogP contribution < -0.4 is 10.2 Å². The van der Waals surface area contributed by atoms with Crippen LogP contribution in [0.3, 0.4) is 0 Å². The molecule has 5 heteroatoms. The molecule has 0 bridgehead atoms. The average Bonchev–Trinajstić information content (AvgIpc) is 2.71. The number of halogens is 1. The molecule has 4 nitrogen and oxygen atoms in total. The van der Waals surface area contributed by atoms with Gasteiger partial charge in [-0.15, -0.1) is 0 Å². The second-order valence-electron chi connectivity index (χ2n) is 5.41. The number of nitrogens with zero attached hydrogens (tertiary/aromatic N) is 2. The molecule has 21 heavy (non-hydrogen) atoms. The number of carbonyl (C=O) groups is 1. The van der Waals surface area contributed by atoms with Crippen LogP contribution in [-0.2, 0) is 11.3 Å². The molecule has 1 aromatic carbocycles. The largest absolute Gasteiger partial charge is 0.369 e. The second-order valence-corrected chi connectivity index (χ2v) is 6.27.